The highest BCUT2D eigenvalue weighted by molar-refractivity contribution is 5.84. The third kappa shape index (κ3) is 4.07. The average Bonchev–Trinajstić information content (AvgIpc) is 2.99. The summed E-state index contributed by atoms with van der Waals surface area (Å²) in [5.41, 5.74) is 2.56. The maximum absolute atomic E-state index is 12.1. The SMILES string of the molecule is Cc1cccc(C(NC(=O)CCC2CCOC2)C(=O)O)c1C. The van der Waals surface area contributed by atoms with E-state index >= 15 is 0 Å². The standard InChI is InChI=1S/C17H23NO4/c1-11-4-3-5-14(12(11)2)16(17(20)21)18-15(19)7-6-13-8-9-22-10-13/h3-5,13,16H,6-10H2,1-2H3,(H,18,19)(H,20,21). The lowest BCUT2D eigenvalue weighted by molar-refractivity contribution is -0.142. The predicted octanol–water partition coefficient (Wildman–Crippen LogP) is 2.36. The molecule has 1 saturated heterocycles. The van der Waals surface area contributed by atoms with E-state index in [0.29, 0.717) is 24.5 Å². The van der Waals surface area contributed by atoms with Crippen LogP contribution in [0.4, 0.5) is 0 Å². The normalized spacial score (nSPS) is 18.9. The number of hydrogen-bond donors (Lipinski definition) is 2. The second-order valence-electron chi connectivity index (χ2n) is 5.90. The molecule has 0 spiro atoms. The van der Waals surface area contributed by atoms with Gasteiger partial charge in [0.05, 0.1) is 0 Å². The molecule has 1 fully saturated rings. The van der Waals surface area contributed by atoms with Crippen LogP contribution in [-0.4, -0.2) is 30.2 Å². The van der Waals surface area contributed by atoms with Gasteiger partial charge in [-0.05, 0) is 49.3 Å². The number of ether oxygens (including phenoxy) is 1. The minimum atomic E-state index is -1.04. The number of hydrogen-bond acceptors (Lipinski definition) is 3. The van der Waals surface area contributed by atoms with Gasteiger partial charge < -0.3 is 15.2 Å². The molecule has 1 heterocycles. The third-order valence-electron chi connectivity index (χ3n) is 4.31. The molecular formula is C17H23NO4. The first-order valence-corrected chi connectivity index (χ1v) is 7.65. The third-order valence-corrected chi connectivity index (χ3v) is 4.31. The van der Waals surface area contributed by atoms with Crippen molar-refractivity contribution in [2.75, 3.05) is 13.2 Å². The highest BCUT2D eigenvalue weighted by atomic mass is 16.5. The number of carboxylic acid groups (broad SMARTS) is 1. The van der Waals surface area contributed by atoms with Gasteiger partial charge in [0.15, 0.2) is 6.04 Å². The molecule has 0 bridgehead atoms. The van der Waals surface area contributed by atoms with E-state index in [2.05, 4.69) is 5.32 Å². The Morgan fingerprint density at radius 3 is 2.82 bits per heavy atom. The van der Waals surface area contributed by atoms with Crippen LogP contribution in [0.25, 0.3) is 0 Å². The summed E-state index contributed by atoms with van der Waals surface area (Å²) in [6, 6.07) is 4.51. The van der Waals surface area contributed by atoms with Crippen molar-refractivity contribution < 1.29 is 19.4 Å². The molecule has 0 radical (unpaired) electrons. The summed E-state index contributed by atoms with van der Waals surface area (Å²) < 4.78 is 5.28. The predicted molar refractivity (Wildman–Crippen MR) is 82.6 cm³/mol. The fourth-order valence-corrected chi connectivity index (χ4v) is 2.74. The van der Waals surface area contributed by atoms with Gasteiger partial charge in [-0.15, -0.1) is 0 Å². The number of rotatable bonds is 6. The fraction of sp³-hybridized carbons (Fsp3) is 0.529. The van der Waals surface area contributed by atoms with E-state index in [4.69, 9.17) is 4.74 Å². The molecule has 2 rings (SSSR count). The van der Waals surface area contributed by atoms with Gasteiger partial charge >= 0.3 is 5.97 Å². The van der Waals surface area contributed by atoms with Crippen LogP contribution in [0.3, 0.4) is 0 Å². The van der Waals surface area contributed by atoms with Crippen molar-refractivity contribution in [3.8, 4) is 0 Å². The van der Waals surface area contributed by atoms with Gasteiger partial charge in [-0.3, -0.25) is 4.79 Å². The van der Waals surface area contributed by atoms with Crippen molar-refractivity contribution in [2.24, 2.45) is 5.92 Å². The van der Waals surface area contributed by atoms with Gasteiger partial charge in [0.2, 0.25) is 5.91 Å². The summed E-state index contributed by atoms with van der Waals surface area (Å²) in [6.07, 6.45) is 2.06. The number of carboxylic acids is 1. The Balaban J connectivity index is 2.00. The smallest absolute Gasteiger partial charge is 0.330 e. The molecule has 2 unspecified atom stereocenters. The molecule has 1 amide bonds. The van der Waals surface area contributed by atoms with Crippen LogP contribution < -0.4 is 5.32 Å². The number of aliphatic carboxylic acids is 1. The van der Waals surface area contributed by atoms with Crippen molar-refractivity contribution in [3.05, 3.63) is 34.9 Å². The minimum Gasteiger partial charge on any atom is -0.479 e. The summed E-state index contributed by atoms with van der Waals surface area (Å²) in [5.74, 6) is -0.846. The van der Waals surface area contributed by atoms with Crippen LogP contribution in [0.5, 0.6) is 0 Å². The van der Waals surface area contributed by atoms with E-state index in [1.807, 2.05) is 26.0 Å². The molecule has 0 aliphatic carbocycles. The van der Waals surface area contributed by atoms with Crippen molar-refractivity contribution in [2.45, 2.75) is 39.2 Å². The molecule has 1 aromatic rings. The van der Waals surface area contributed by atoms with E-state index in [-0.39, 0.29) is 5.91 Å². The van der Waals surface area contributed by atoms with Crippen molar-refractivity contribution in [1.82, 2.24) is 5.32 Å². The molecule has 5 nitrogen and oxygen atoms in total. The number of amides is 1. The first-order chi connectivity index (χ1) is 10.5. The summed E-state index contributed by atoms with van der Waals surface area (Å²) in [6.45, 7) is 5.27. The minimum absolute atomic E-state index is 0.222. The first-order valence-electron chi connectivity index (χ1n) is 7.65. The Bertz CT molecular complexity index is 550. The fourth-order valence-electron chi connectivity index (χ4n) is 2.74. The molecular weight excluding hydrogens is 282 g/mol. The summed E-state index contributed by atoms with van der Waals surface area (Å²) in [5, 5.41) is 12.1. The van der Waals surface area contributed by atoms with Crippen LogP contribution in [0.2, 0.25) is 0 Å². The zero-order valence-electron chi connectivity index (χ0n) is 13.1. The monoisotopic (exact) mass is 305 g/mol. The lowest BCUT2D eigenvalue weighted by Gasteiger charge is -2.18. The van der Waals surface area contributed by atoms with Crippen LogP contribution in [0.1, 0.15) is 42.0 Å². The Kier molecular flexibility index (Phi) is 5.55. The molecule has 2 atom stereocenters. The number of carbonyl (C=O) groups is 2. The summed E-state index contributed by atoms with van der Waals surface area (Å²) >= 11 is 0. The summed E-state index contributed by atoms with van der Waals surface area (Å²) in [7, 11) is 0. The van der Waals surface area contributed by atoms with E-state index < -0.39 is 12.0 Å². The highest BCUT2D eigenvalue weighted by Gasteiger charge is 2.25. The van der Waals surface area contributed by atoms with E-state index in [9.17, 15) is 14.7 Å². The van der Waals surface area contributed by atoms with Gasteiger partial charge in [-0.2, -0.15) is 0 Å². The quantitative estimate of drug-likeness (QED) is 0.846. The second kappa shape index (κ2) is 7.40. The number of carbonyl (C=O) groups excluding carboxylic acids is 1. The zero-order chi connectivity index (χ0) is 16.1. The van der Waals surface area contributed by atoms with Gasteiger partial charge in [0.25, 0.3) is 0 Å². The molecule has 0 saturated carbocycles. The molecule has 5 heteroatoms. The van der Waals surface area contributed by atoms with Gasteiger partial charge in [0, 0.05) is 19.6 Å². The van der Waals surface area contributed by atoms with Crippen LogP contribution in [0.15, 0.2) is 18.2 Å². The molecule has 120 valence electrons. The van der Waals surface area contributed by atoms with E-state index in [1.165, 1.54) is 0 Å². The van der Waals surface area contributed by atoms with Crippen molar-refractivity contribution in [1.29, 1.82) is 0 Å². The average molecular weight is 305 g/mol. The molecule has 1 aliphatic heterocycles. The largest absolute Gasteiger partial charge is 0.479 e. The van der Waals surface area contributed by atoms with E-state index in [0.717, 1.165) is 30.6 Å². The van der Waals surface area contributed by atoms with E-state index in [1.54, 1.807) is 6.07 Å². The van der Waals surface area contributed by atoms with Crippen molar-refractivity contribution >= 4 is 11.9 Å². The number of nitrogens with one attached hydrogen (secondary N) is 1. The first kappa shape index (κ1) is 16.5. The van der Waals surface area contributed by atoms with Gasteiger partial charge in [-0.25, -0.2) is 4.79 Å². The maximum atomic E-state index is 12.1. The molecule has 2 N–H and O–H groups in total. The van der Waals surface area contributed by atoms with Crippen molar-refractivity contribution in [3.63, 3.8) is 0 Å². The lowest BCUT2D eigenvalue weighted by Crippen LogP contribution is -2.34. The second-order valence-corrected chi connectivity index (χ2v) is 5.90. The zero-order valence-corrected chi connectivity index (χ0v) is 13.1. The molecule has 1 aromatic carbocycles. The lowest BCUT2D eigenvalue weighted by atomic mass is 9.97. The molecule has 1 aliphatic rings. The van der Waals surface area contributed by atoms with Crippen LogP contribution in [0, 0.1) is 19.8 Å². The van der Waals surface area contributed by atoms with Crippen LogP contribution in [-0.2, 0) is 14.3 Å². The topological polar surface area (TPSA) is 75.6 Å². The number of benzene rings is 1. The Morgan fingerprint density at radius 2 is 2.18 bits per heavy atom. The van der Waals surface area contributed by atoms with Crippen LogP contribution >= 0.6 is 0 Å². The molecule has 0 aromatic heterocycles. The van der Waals surface area contributed by atoms with Gasteiger partial charge in [0.1, 0.15) is 0 Å². The van der Waals surface area contributed by atoms with Gasteiger partial charge in [-0.1, -0.05) is 18.2 Å². The Morgan fingerprint density at radius 1 is 1.41 bits per heavy atom. The highest BCUT2D eigenvalue weighted by Crippen LogP contribution is 2.22. The maximum Gasteiger partial charge on any atom is 0.330 e. The summed E-state index contributed by atoms with van der Waals surface area (Å²) in [4.78, 5) is 23.6. The molecule has 22 heavy (non-hydrogen) atoms. The Labute approximate surface area is 130 Å². The Hall–Kier alpha value is -1.88. The number of aryl methyl sites for hydroxylation is 1.